The zero-order chi connectivity index (χ0) is 13.1. The summed E-state index contributed by atoms with van der Waals surface area (Å²) in [7, 11) is 0. The number of unbranched alkanes of at least 4 members (excludes halogenated alkanes) is 5. The van der Waals surface area contributed by atoms with Crippen molar-refractivity contribution in [2.45, 2.75) is 71.9 Å². The lowest BCUT2D eigenvalue weighted by Crippen LogP contribution is -2.14. The van der Waals surface area contributed by atoms with Crippen LogP contribution in [0.15, 0.2) is 18.5 Å². The fourth-order valence-corrected chi connectivity index (χ4v) is 2.26. The molecule has 0 bridgehead atoms. The molecule has 0 radical (unpaired) electrons. The maximum Gasteiger partial charge on any atom is 0.0220 e. The Kier molecular flexibility index (Phi) is 8.66. The maximum absolute atomic E-state index is 3.53. The van der Waals surface area contributed by atoms with E-state index in [4.69, 9.17) is 0 Å². The highest BCUT2D eigenvalue weighted by atomic mass is 14.9. The van der Waals surface area contributed by atoms with E-state index in [1.165, 1.54) is 50.5 Å². The van der Waals surface area contributed by atoms with Crippen LogP contribution in [0, 0.1) is 0 Å². The summed E-state index contributed by atoms with van der Waals surface area (Å²) >= 11 is 0. The Morgan fingerprint density at radius 3 is 2.56 bits per heavy atom. The molecule has 0 amide bonds. The maximum atomic E-state index is 3.53. The van der Waals surface area contributed by atoms with Gasteiger partial charge in [-0.25, -0.2) is 0 Å². The Morgan fingerprint density at radius 2 is 1.78 bits per heavy atom. The summed E-state index contributed by atoms with van der Waals surface area (Å²) in [6.45, 7) is 7.80. The van der Waals surface area contributed by atoms with Gasteiger partial charge in [0.25, 0.3) is 0 Å². The van der Waals surface area contributed by atoms with Gasteiger partial charge in [-0.05, 0) is 31.0 Å². The van der Waals surface area contributed by atoms with E-state index in [1.54, 1.807) is 0 Å². The molecule has 2 heteroatoms. The van der Waals surface area contributed by atoms with Crippen LogP contribution in [-0.2, 0) is 13.1 Å². The minimum atomic E-state index is 1.02. The number of aryl methyl sites for hydroxylation is 1. The molecule has 18 heavy (non-hydrogen) atoms. The molecule has 1 N–H and O–H groups in total. The zero-order valence-corrected chi connectivity index (χ0v) is 12.3. The lowest BCUT2D eigenvalue weighted by Gasteiger charge is -2.03. The van der Waals surface area contributed by atoms with Gasteiger partial charge in [0.15, 0.2) is 0 Å². The quantitative estimate of drug-likeness (QED) is 0.578. The molecule has 0 unspecified atom stereocenters. The van der Waals surface area contributed by atoms with Crippen molar-refractivity contribution in [3.8, 4) is 0 Å². The Morgan fingerprint density at radius 1 is 1.00 bits per heavy atom. The van der Waals surface area contributed by atoms with Crippen LogP contribution in [0.4, 0.5) is 0 Å². The number of nitrogens with zero attached hydrogens (tertiary/aromatic N) is 1. The molecule has 0 saturated heterocycles. The zero-order valence-electron chi connectivity index (χ0n) is 12.3. The van der Waals surface area contributed by atoms with Crippen molar-refractivity contribution in [3.63, 3.8) is 0 Å². The molecule has 1 aromatic rings. The van der Waals surface area contributed by atoms with E-state index in [9.17, 15) is 0 Å². The molecule has 1 aromatic heterocycles. The lowest BCUT2D eigenvalue weighted by atomic mass is 10.1. The third kappa shape index (κ3) is 6.85. The molecule has 104 valence electrons. The number of rotatable bonds is 11. The predicted molar refractivity (Wildman–Crippen MR) is 79.8 cm³/mol. The van der Waals surface area contributed by atoms with Crippen molar-refractivity contribution in [1.29, 1.82) is 0 Å². The van der Waals surface area contributed by atoms with Crippen LogP contribution in [0.25, 0.3) is 0 Å². The molecule has 0 aliphatic rings. The van der Waals surface area contributed by atoms with Crippen molar-refractivity contribution in [2.24, 2.45) is 0 Å². The van der Waals surface area contributed by atoms with Crippen LogP contribution < -0.4 is 5.32 Å². The normalized spacial score (nSPS) is 11.0. The summed E-state index contributed by atoms with van der Waals surface area (Å²) in [4.78, 5) is 0. The van der Waals surface area contributed by atoms with Crippen molar-refractivity contribution < 1.29 is 0 Å². The molecular formula is C16H30N2. The van der Waals surface area contributed by atoms with E-state index in [0.717, 1.165) is 19.6 Å². The Labute approximate surface area is 113 Å². The van der Waals surface area contributed by atoms with Crippen molar-refractivity contribution in [3.05, 3.63) is 24.0 Å². The van der Waals surface area contributed by atoms with Crippen LogP contribution in [0.1, 0.15) is 64.4 Å². The molecule has 1 rings (SSSR count). The van der Waals surface area contributed by atoms with E-state index >= 15 is 0 Å². The highest BCUT2D eigenvalue weighted by molar-refractivity contribution is 5.09. The first kappa shape index (κ1) is 15.3. The molecule has 0 aliphatic heterocycles. The van der Waals surface area contributed by atoms with Gasteiger partial charge in [-0.3, -0.25) is 0 Å². The van der Waals surface area contributed by atoms with Crippen molar-refractivity contribution >= 4 is 0 Å². The second kappa shape index (κ2) is 10.2. The van der Waals surface area contributed by atoms with E-state index in [2.05, 4.69) is 42.2 Å². The van der Waals surface area contributed by atoms with Crippen molar-refractivity contribution in [2.75, 3.05) is 6.54 Å². The average molecular weight is 250 g/mol. The van der Waals surface area contributed by atoms with Crippen LogP contribution >= 0.6 is 0 Å². The summed E-state index contributed by atoms with van der Waals surface area (Å²) in [6, 6.07) is 2.23. The topological polar surface area (TPSA) is 17.0 Å². The van der Waals surface area contributed by atoms with Crippen molar-refractivity contribution in [1.82, 2.24) is 9.88 Å². The van der Waals surface area contributed by atoms with E-state index in [1.807, 2.05) is 0 Å². The largest absolute Gasteiger partial charge is 0.354 e. The SMILES string of the molecule is CCCCCCCCNCc1ccn(CCC)c1. The van der Waals surface area contributed by atoms with Crippen LogP contribution in [0.5, 0.6) is 0 Å². The Hall–Kier alpha value is -0.760. The van der Waals surface area contributed by atoms with Gasteiger partial charge in [-0.1, -0.05) is 46.0 Å². The summed E-state index contributed by atoms with van der Waals surface area (Å²) < 4.78 is 2.28. The Balaban J connectivity index is 1.96. The minimum absolute atomic E-state index is 1.02. The van der Waals surface area contributed by atoms with Gasteiger partial charge in [0.1, 0.15) is 0 Å². The smallest absolute Gasteiger partial charge is 0.0220 e. The molecule has 2 nitrogen and oxygen atoms in total. The number of aromatic nitrogens is 1. The molecule has 0 atom stereocenters. The molecule has 0 spiro atoms. The molecule has 1 heterocycles. The summed E-state index contributed by atoms with van der Waals surface area (Å²) in [5, 5.41) is 3.53. The summed E-state index contributed by atoms with van der Waals surface area (Å²) in [5.74, 6) is 0. The third-order valence-electron chi connectivity index (χ3n) is 3.33. The molecule has 0 aromatic carbocycles. The van der Waals surface area contributed by atoms with Gasteiger partial charge in [-0.2, -0.15) is 0 Å². The first-order chi connectivity index (χ1) is 8.86. The average Bonchev–Trinajstić information content (AvgIpc) is 2.81. The second-order valence-corrected chi connectivity index (χ2v) is 5.20. The van der Waals surface area contributed by atoms with Gasteiger partial charge in [0, 0.05) is 25.5 Å². The number of hydrogen-bond acceptors (Lipinski definition) is 1. The molecule has 0 saturated carbocycles. The molecule has 0 aliphatic carbocycles. The second-order valence-electron chi connectivity index (χ2n) is 5.20. The van der Waals surface area contributed by atoms with Gasteiger partial charge in [0.2, 0.25) is 0 Å². The lowest BCUT2D eigenvalue weighted by molar-refractivity contribution is 0.571. The van der Waals surface area contributed by atoms with Crippen LogP contribution in [0.3, 0.4) is 0 Å². The van der Waals surface area contributed by atoms with E-state index in [0.29, 0.717) is 0 Å². The fraction of sp³-hybridized carbons (Fsp3) is 0.750. The molecule has 0 fully saturated rings. The summed E-state index contributed by atoms with van der Waals surface area (Å²) in [6.07, 6.45) is 13.9. The predicted octanol–water partition coefficient (Wildman–Crippen LogP) is 4.35. The minimum Gasteiger partial charge on any atom is -0.354 e. The van der Waals surface area contributed by atoms with E-state index < -0.39 is 0 Å². The first-order valence-corrected chi connectivity index (χ1v) is 7.72. The fourth-order valence-electron chi connectivity index (χ4n) is 2.26. The number of hydrogen-bond donors (Lipinski definition) is 1. The van der Waals surface area contributed by atoms with Gasteiger partial charge in [0.05, 0.1) is 0 Å². The van der Waals surface area contributed by atoms with Gasteiger partial charge < -0.3 is 9.88 Å². The highest BCUT2D eigenvalue weighted by Gasteiger charge is 1.96. The van der Waals surface area contributed by atoms with Gasteiger partial charge >= 0.3 is 0 Å². The first-order valence-electron chi connectivity index (χ1n) is 7.72. The standard InChI is InChI=1S/C16H30N2/c1-3-5-6-7-8-9-11-17-14-16-10-13-18(15-16)12-4-2/h10,13,15,17H,3-9,11-12,14H2,1-2H3. The Bertz CT molecular complexity index is 291. The highest BCUT2D eigenvalue weighted by Crippen LogP contribution is 2.05. The van der Waals surface area contributed by atoms with Crippen LogP contribution in [0.2, 0.25) is 0 Å². The van der Waals surface area contributed by atoms with E-state index in [-0.39, 0.29) is 0 Å². The monoisotopic (exact) mass is 250 g/mol. The van der Waals surface area contributed by atoms with Gasteiger partial charge in [-0.15, -0.1) is 0 Å². The van der Waals surface area contributed by atoms with Crippen LogP contribution in [-0.4, -0.2) is 11.1 Å². The molecular weight excluding hydrogens is 220 g/mol. The number of nitrogens with one attached hydrogen (secondary N) is 1. The third-order valence-corrected chi connectivity index (χ3v) is 3.33. The summed E-state index contributed by atoms with van der Waals surface area (Å²) in [5.41, 5.74) is 1.41.